The summed E-state index contributed by atoms with van der Waals surface area (Å²) in [4.78, 5) is 22.9. The molecule has 4 nitrogen and oxygen atoms in total. The van der Waals surface area contributed by atoms with Crippen molar-refractivity contribution in [3.05, 3.63) is 29.8 Å². The Morgan fingerprint density at radius 3 is 2.45 bits per heavy atom. The van der Waals surface area contributed by atoms with Crippen LogP contribution in [0.5, 0.6) is 5.75 Å². The number of hydrogen-bond acceptors (Lipinski definition) is 4. The fourth-order valence-electron chi connectivity index (χ4n) is 1.86. The van der Waals surface area contributed by atoms with Crippen molar-refractivity contribution < 1.29 is 49.0 Å². The van der Waals surface area contributed by atoms with Crippen molar-refractivity contribution in [2.75, 3.05) is 0 Å². The second-order valence-electron chi connectivity index (χ2n) is 4.45. The van der Waals surface area contributed by atoms with Gasteiger partial charge in [0.25, 0.3) is 0 Å². The number of carbonyl (C=O) groups excluding carboxylic acids is 2. The SMILES string of the molecule is CCCCC(CC)C(=O)Oc1ccccc1C(=O)[O-].[Na+]. The Labute approximate surface area is 141 Å². The maximum atomic E-state index is 12.0. The van der Waals surface area contributed by atoms with Gasteiger partial charge in [0.15, 0.2) is 0 Å². The van der Waals surface area contributed by atoms with Gasteiger partial charge in [0.2, 0.25) is 0 Å². The van der Waals surface area contributed by atoms with Crippen molar-refractivity contribution in [1.82, 2.24) is 0 Å². The summed E-state index contributed by atoms with van der Waals surface area (Å²) >= 11 is 0. The molecule has 0 aliphatic rings. The van der Waals surface area contributed by atoms with Crippen molar-refractivity contribution in [3.8, 4) is 5.75 Å². The number of benzene rings is 1. The minimum absolute atomic E-state index is 0. The minimum atomic E-state index is -1.34. The summed E-state index contributed by atoms with van der Waals surface area (Å²) in [5.74, 6) is -1.84. The van der Waals surface area contributed by atoms with E-state index in [1.807, 2.05) is 6.92 Å². The number of carboxylic acids is 1. The van der Waals surface area contributed by atoms with E-state index in [4.69, 9.17) is 4.74 Å². The molecule has 0 amide bonds. The van der Waals surface area contributed by atoms with E-state index in [0.717, 1.165) is 19.3 Å². The molecule has 0 saturated carbocycles. The van der Waals surface area contributed by atoms with Crippen molar-refractivity contribution in [2.24, 2.45) is 5.92 Å². The Morgan fingerprint density at radius 1 is 1.25 bits per heavy atom. The summed E-state index contributed by atoms with van der Waals surface area (Å²) in [6.07, 6.45) is 3.42. The summed E-state index contributed by atoms with van der Waals surface area (Å²) in [7, 11) is 0. The van der Waals surface area contributed by atoms with Crippen LogP contribution in [0.4, 0.5) is 0 Å². The molecule has 0 aromatic heterocycles. The smallest absolute Gasteiger partial charge is 0.545 e. The van der Waals surface area contributed by atoms with Crippen molar-refractivity contribution >= 4 is 11.9 Å². The molecule has 0 fully saturated rings. The van der Waals surface area contributed by atoms with Crippen LogP contribution in [0.1, 0.15) is 49.9 Å². The molecule has 1 unspecified atom stereocenters. The molecule has 0 aliphatic heterocycles. The van der Waals surface area contributed by atoms with Crippen LogP contribution >= 0.6 is 0 Å². The summed E-state index contributed by atoms with van der Waals surface area (Å²) in [5, 5.41) is 10.9. The molecule has 5 heteroatoms. The van der Waals surface area contributed by atoms with Gasteiger partial charge in [0.1, 0.15) is 5.75 Å². The van der Waals surface area contributed by atoms with Gasteiger partial charge < -0.3 is 14.6 Å². The van der Waals surface area contributed by atoms with Crippen LogP contribution in [-0.4, -0.2) is 11.9 Å². The molecule has 1 rings (SSSR count). The van der Waals surface area contributed by atoms with Crippen molar-refractivity contribution in [1.29, 1.82) is 0 Å². The monoisotopic (exact) mass is 286 g/mol. The first-order chi connectivity index (χ1) is 9.10. The third kappa shape index (κ3) is 5.65. The fourth-order valence-corrected chi connectivity index (χ4v) is 1.86. The zero-order chi connectivity index (χ0) is 14.3. The predicted molar refractivity (Wildman–Crippen MR) is 69.7 cm³/mol. The molecule has 20 heavy (non-hydrogen) atoms. The first-order valence-corrected chi connectivity index (χ1v) is 6.62. The number of carboxylic acid groups (broad SMARTS) is 1. The second kappa shape index (κ2) is 9.97. The zero-order valence-electron chi connectivity index (χ0n) is 12.3. The van der Waals surface area contributed by atoms with Crippen molar-refractivity contribution in [2.45, 2.75) is 39.5 Å². The number of aromatic carboxylic acids is 1. The van der Waals surface area contributed by atoms with Gasteiger partial charge in [-0.1, -0.05) is 38.8 Å². The van der Waals surface area contributed by atoms with Gasteiger partial charge in [-0.15, -0.1) is 0 Å². The second-order valence-corrected chi connectivity index (χ2v) is 4.45. The number of carbonyl (C=O) groups is 2. The Morgan fingerprint density at radius 2 is 1.90 bits per heavy atom. The Bertz CT molecular complexity index is 445. The van der Waals surface area contributed by atoms with E-state index in [9.17, 15) is 14.7 Å². The molecule has 0 N–H and O–H groups in total. The van der Waals surface area contributed by atoms with Crippen LogP contribution in [0.2, 0.25) is 0 Å². The van der Waals surface area contributed by atoms with Gasteiger partial charge in [-0.05, 0) is 25.0 Å². The molecule has 1 aromatic carbocycles. The van der Waals surface area contributed by atoms with E-state index in [-0.39, 0.29) is 52.8 Å². The number of para-hydroxylation sites is 1. The van der Waals surface area contributed by atoms with E-state index >= 15 is 0 Å². The molecule has 0 radical (unpaired) electrons. The van der Waals surface area contributed by atoms with Crippen LogP contribution in [0.25, 0.3) is 0 Å². The van der Waals surface area contributed by atoms with Crippen LogP contribution in [0.3, 0.4) is 0 Å². The fraction of sp³-hybridized carbons (Fsp3) is 0.467. The topological polar surface area (TPSA) is 66.4 Å². The average molecular weight is 286 g/mol. The molecule has 0 heterocycles. The first-order valence-electron chi connectivity index (χ1n) is 6.62. The van der Waals surface area contributed by atoms with E-state index < -0.39 is 5.97 Å². The number of rotatable bonds is 7. The summed E-state index contributed by atoms with van der Waals surface area (Å²) in [6, 6.07) is 6.03. The van der Waals surface area contributed by atoms with E-state index in [1.165, 1.54) is 12.1 Å². The van der Waals surface area contributed by atoms with Crippen molar-refractivity contribution in [3.63, 3.8) is 0 Å². The van der Waals surface area contributed by atoms with Gasteiger partial charge in [0, 0.05) is 5.56 Å². The third-order valence-electron chi connectivity index (χ3n) is 3.05. The predicted octanol–water partition coefficient (Wildman–Crippen LogP) is -0.824. The third-order valence-corrected chi connectivity index (χ3v) is 3.05. The standard InChI is InChI=1S/C15H20O4.Na/c1-3-5-8-11(4-2)15(18)19-13-10-7-6-9-12(13)14(16)17;/h6-7,9-11H,3-5,8H2,1-2H3,(H,16,17);/q;+1/p-1. The van der Waals surface area contributed by atoms with Crippen LogP contribution in [0.15, 0.2) is 24.3 Å². The van der Waals surface area contributed by atoms with Gasteiger partial charge >= 0.3 is 35.5 Å². The van der Waals surface area contributed by atoms with Gasteiger partial charge in [-0.2, -0.15) is 0 Å². The Kier molecular flexibility index (Phi) is 9.55. The molecule has 1 aromatic rings. The molecule has 104 valence electrons. The van der Waals surface area contributed by atoms with E-state index in [2.05, 4.69) is 6.92 Å². The maximum absolute atomic E-state index is 12.0. The molecular formula is C15H19NaO4. The zero-order valence-corrected chi connectivity index (χ0v) is 14.3. The minimum Gasteiger partial charge on any atom is -0.545 e. The van der Waals surface area contributed by atoms with Gasteiger partial charge in [-0.25, -0.2) is 0 Å². The molecule has 0 bridgehead atoms. The largest absolute Gasteiger partial charge is 1.00 e. The Balaban J connectivity index is 0.00000361. The molecule has 0 spiro atoms. The number of unbranched alkanes of at least 4 members (excludes halogenated alkanes) is 1. The van der Waals surface area contributed by atoms with E-state index in [0.29, 0.717) is 6.42 Å². The first kappa shape index (κ1) is 19.2. The molecule has 0 saturated heterocycles. The van der Waals surface area contributed by atoms with Gasteiger partial charge in [-0.3, -0.25) is 4.79 Å². The summed E-state index contributed by atoms with van der Waals surface area (Å²) in [5.41, 5.74) is -0.0961. The number of hydrogen-bond donors (Lipinski definition) is 0. The summed E-state index contributed by atoms with van der Waals surface area (Å²) < 4.78 is 5.20. The summed E-state index contributed by atoms with van der Waals surface area (Å²) in [6.45, 7) is 3.98. The van der Waals surface area contributed by atoms with E-state index in [1.54, 1.807) is 12.1 Å². The van der Waals surface area contributed by atoms with Crippen LogP contribution in [0, 0.1) is 5.92 Å². The van der Waals surface area contributed by atoms with Gasteiger partial charge in [0.05, 0.1) is 11.9 Å². The van der Waals surface area contributed by atoms with Crippen LogP contribution in [-0.2, 0) is 4.79 Å². The van der Waals surface area contributed by atoms with Crippen LogP contribution < -0.4 is 39.4 Å². The molecule has 1 atom stereocenters. The number of ether oxygens (including phenoxy) is 1. The normalized spacial score (nSPS) is 11.3. The Hall–Kier alpha value is -0.840. The molecule has 0 aliphatic carbocycles. The average Bonchev–Trinajstić information content (AvgIpc) is 2.40. The quantitative estimate of drug-likeness (QED) is 0.373. The number of esters is 1. The molecular weight excluding hydrogens is 267 g/mol. The maximum Gasteiger partial charge on any atom is 1.00 e.